The number of likely N-dealkylation sites (tertiary alicyclic amines) is 1. The zero-order valence-corrected chi connectivity index (χ0v) is 10.9. The topological polar surface area (TPSA) is 39.1 Å². The molecule has 2 aliphatic rings. The second-order valence-corrected chi connectivity index (χ2v) is 5.58. The van der Waals surface area contributed by atoms with E-state index in [1.165, 1.54) is 18.9 Å². The van der Waals surface area contributed by atoms with E-state index in [0.717, 1.165) is 25.6 Å². The molecule has 4 heteroatoms. The molecule has 0 unspecified atom stereocenters. The zero-order valence-electron chi connectivity index (χ0n) is 10.9. The highest BCUT2D eigenvalue weighted by molar-refractivity contribution is 5.32. The van der Waals surface area contributed by atoms with E-state index in [1.54, 1.807) is 12.1 Å². The molecular weight excluding hydrogens is 241 g/mol. The average molecular weight is 259 g/mol. The summed E-state index contributed by atoms with van der Waals surface area (Å²) in [5.41, 5.74) is 1.08. The van der Waals surface area contributed by atoms with Crippen molar-refractivity contribution >= 4 is 0 Å². The van der Waals surface area contributed by atoms with E-state index in [2.05, 4.69) is 10.2 Å². The molecule has 100 valence electrons. The largest absolute Gasteiger partial charge is 0.312 e. The first-order valence-electron chi connectivity index (χ1n) is 6.90. The Morgan fingerprint density at radius 1 is 1.42 bits per heavy atom. The number of benzene rings is 1. The Bertz CT molecular complexity index is 495. The lowest BCUT2D eigenvalue weighted by molar-refractivity contribution is 0.308. The van der Waals surface area contributed by atoms with Gasteiger partial charge in [0.15, 0.2) is 0 Å². The number of nitriles is 1. The van der Waals surface area contributed by atoms with Crippen molar-refractivity contribution in [1.29, 1.82) is 5.26 Å². The third kappa shape index (κ3) is 2.63. The first kappa shape index (κ1) is 12.6. The van der Waals surface area contributed by atoms with E-state index in [1.807, 2.05) is 6.07 Å². The van der Waals surface area contributed by atoms with Crippen LogP contribution >= 0.6 is 0 Å². The summed E-state index contributed by atoms with van der Waals surface area (Å²) in [6.45, 7) is 3.81. The molecule has 0 saturated carbocycles. The van der Waals surface area contributed by atoms with Gasteiger partial charge in [-0.2, -0.15) is 5.26 Å². The van der Waals surface area contributed by atoms with Crippen molar-refractivity contribution in [3.8, 4) is 6.07 Å². The normalized spacial score (nSPS) is 26.9. The van der Waals surface area contributed by atoms with Crippen molar-refractivity contribution < 1.29 is 4.39 Å². The van der Waals surface area contributed by atoms with Crippen LogP contribution in [0.15, 0.2) is 18.2 Å². The molecular formula is C15H18FN3. The van der Waals surface area contributed by atoms with E-state index in [9.17, 15) is 4.39 Å². The van der Waals surface area contributed by atoms with Gasteiger partial charge >= 0.3 is 0 Å². The second kappa shape index (κ2) is 5.28. The van der Waals surface area contributed by atoms with Crippen LogP contribution in [0, 0.1) is 23.1 Å². The molecule has 0 radical (unpaired) electrons. The van der Waals surface area contributed by atoms with Crippen LogP contribution in [0.25, 0.3) is 0 Å². The van der Waals surface area contributed by atoms with Gasteiger partial charge in [-0.3, -0.25) is 4.90 Å². The average Bonchev–Trinajstić information content (AvgIpc) is 2.83. The highest BCUT2D eigenvalue weighted by Crippen LogP contribution is 2.26. The minimum absolute atomic E-state index is 0.262. The molecule has 1 aromatic carbocycles. The molecule has 1 N–H and O–H groups in total. The summed E-state index contributed by atoms with van der Waals surface area (Å²) in [5, 5.41) is 12.3. The van der Waals surface area contributed by atoms with Crippen LogP contribution < -0.4 is 5.32 Å². The number of halogens is 1. The van der Waals surface area contributed by atoms with Crippen molar-refractivity contribution in [1.82, 2.24) is 10.2 Å². The Morgan fingerprint density at radius 3 is 3.05 bits per heavy atom. The standard InChI is InChI=1S/C15H18FN3/c16-14-6-11(7-17)3-4-12(14)8-19-9-13-2-1-5-18-15(13)10-19/h3-4,6,13,15,18H,1-2,5,8-10H2/t13-,15+/m0/s1. The van der Waals surface area contributed by atoms with Gasteiger partial charge in [0.25, 0.3) is 0 Å². The maximum Gasteiger partial charge on any atom is 0.129 e. The summed E-state index contributed by atoms with van der Waals surface area (Å²) < 4.78 is 13.9. The van der Waals surface area contributed by atoms with Gasteiger partial charge in [-0.15, -0.1) is 0 Å². The summed E-state index contributed by atoms with van der Waals surface area (Å²) in [6, 6.07) is 7.31. The summed E-state index contributed by atoms with van der Waals surface area (Å²) in [5.74, 6) is 0.456. The van der Waals surface area contributed by atoms with Gasteiger partial charge in [-0.25, -0.2) is 4.39 Å². The molecule has 2 aliphatic heterocycles. The molecule has 0 bridgehead atoms. The summed E-state index contributed by atoms with van der Waals surface area (Å²) in [4.78, 5) is 2.32. The lowest BCUT2D eigenvalue weighted by Crippen LogP contribution is -2.40. The third-order valence-electron chi connectivity index (χ3n) is 4.25. The second-order valence-electron chi connectivity index (χ2n) is 5.58. The minimum Gasteiger partial charge on any atom is -0.312 e. The Balaban J connectivity index is 1.67. The van der Waals surface area contributed by atoms with E-state index >= 15 is 0 Å². The van der Waals surface area contributed by atoms with Crippen LogP contribution in [0.1, 0.15) is 24.0 Å². The van der Waals surface area contributed by atoms with Crippen LogP contribution in [-0.2, 0) is 6.54 Å². The number of rotatable bonds is 2. The number of piperidine rings is 1. The Kier molecular flexibility index (Phi) is 3.50. The van der Waals surface area contributed by atoms with Crippen LogP contribution in [0.2, 0.25) is 0 Å². The van der Waals surface area contributed by atoms with Crippen molar-refractivity contribution in [3.63, 3.8) is 0 Å². The predicted molar refractivity (Wildman–Crippen MR) is 70.9 cm³/mol. The van der Waals surface area contributed by atoms with Crippen LogP contribution in [0.3, 0.4) is 0 Å². The number of hydrogen-bond donors (Lipinski definition) is 1. The molecule has 1 aromatic rings. The van der Waals surface area contributed by atoms with Gasteiger partial charge in [0.2, 0.25) is 0 Å². The minimum atomic E-state index is -0.262. The van der Waals surface area contributed by atoms with Crippen molar-refractivity contribution in [2.45, 2.75) is 25.4 Å². The fraction of sp³-hybridized carbons (Fsp3) is 0.533. The molecule has 3 rings (SSSR count). The number of fused-ring (bicyclic) bond motifs is 1. The van der Waals surface area contributed by atoms with Gasteiger partial charge in [0, 0.05) is 31.2 Å². The molecule has 0 aromatic heterocycles. The van der Waals surface area contributed by atoms with Crippen molar-refractivity contribution in [2.24, 2.45) is 5.92 Å². The van der Waals surface area contributed by atoms with Crippen molar-refractivity contribution in [3.05, 3.63) is 35.1 Å². The van der Waals surface area contributed by atoms with Gasteiger partial charge in [0.05, 0.1) is 11.6 Å². The fourth-order valence-electron chi connectivity index (χ4n) is 3.25. The zero-order chi connectivity index (χ0) is 13.2. The van der Waals surface area contributed by atoms with Gasteiger partial charge < -0.3 is 5.32 Å². The van der Waals surface area contributed by atoms with E-state index in [-0.39, 0.29) is 5.82 Å². The van der Waals surface area contributed by atoms with Gasteiger partial charge in [-0.05, 0) is 37.4 Å². The SMILES string of the molecule is N#Cc1ccc(CN2C[C@@H]3CCCN[C@@H]3C2)c(F)c1. The summed E-state index contributed by atoms with van der Waals surface area (Å²) in [7, 11) is 0. The van der Waals surface area contributed by atoms with Gasteiger partial charge in [-0.1, -0.05) is 6.07 Å². The fourth-order valence-corrected chi connectivity index (χ4v) is 3.25. The smallest absolute Gasteiger partial charge is 0.129 e. The Labute approximate surface area is 113 Å². The molecule has 2 saturated heterocycles. The van der Waals surface area contributed by atoms with E-state index < -0.39 is 0 Å². The Morgan fingerprint density at radius 2 is 2.32 bits per heavy atom. The maximum atomic E-state index is 13.9. The summed E-state index contributed by atoms with van der Waals surface area (Å²) in [6.07, 6.45) is 2.53. The third-order valence-corrected chi connectivity index (χ3v) is 4.25. The van der Waals surface area contributed by atoms with Crippen molar-refractivity contribution in [2.75, 3.05) is 19.6 Å². The summed E-state index contributed by atoms with van der Waals surface area (Å²) >= 11 is 0. The van der Waals surface area contributed by atoms with E-state index in [4.69, 9.17) is 5.26 Å². The molecule has 0 spiro atoms. The maximum absolute atomic E-state index is 13.9. The first-order chi connectivity index (χ1) is 9.26. The van der Waals surface area contributed by atoms with Crippen LogP contribution in [-0.4, -0.2) is 30.6 Å². The van der Waals surface area contributed by atoms with E-state index in [0.29, 0.717) is 23.7 Å². The highest BCUT2D eigenvalue weighted by atomic mass is 19.1. The molecule has 19 heavy (non-hydrogen) atoms. The Hall–Kier alpha value is -1.44. The number of nitrogens with one attached hydrogen (secondary N) is 1. The molecule has 3 nitrogen and oxygen atoms in total. The van der Waals surface area contributed by atoms with Crippen LogP contribution in [0.5, 0.6) is 0 Å². The molecule has 0 amide bonds. The first-order valence-corrected chi connectivity index (χ1v) is 6.90. The molecule has 2 atom stereocenters. The molecule has 2 heterocycles. The number of nitrogens with zero attached hydrogens (tertiary/aromatic N) is 2. The lowest BCUT2D eigenvalue weighted by atomic mass is 9.94. The highest BCUT2D eigenvalue weighted by Gasteiger charge is 2.34. The quantitative estimate of drug-likeness (QED) is 0.881. The predicted octanol–water partition coefficient (Wildman–Crippen LogP) is 1.88. The number of hydrogen-bond acceptors (Lipinski definition) is 3. The van der Waals surface area contributed by atoms with Crippen LogP contribution in [0.4, 0.5) is 4.39 Å². The molecule has 0 aliphatic carbocycles. The monoisotopic (exact) mass is 259 g/mol. The lowest BCUT2D eigenvalue weighted by Gasteiger charge is -2.24. The molecule has 2 fully saturated rings. The van der Waals surface area contributed by atoms with Gasteiger partial charge in [0.1, 0.15) is 5.82 Å².